The summed E-state index contributed by atoms with van der Waals surface area (Å²) in [6.45, 7) is 2.22. The zero-order chi connectivity index (χ0) is 22.1. The van der Waals surface area contributed by atoms with Crippen LogP contribution in [0.3, 0.4) is 0 Å². The van der Waals surface area contributed by atoms with Gasteiger partial charge in [-0.2, -0.15) is 5.10 Å². The van der Waals surface area contributed by atoms with Crippen molar-refractivity contribution < 1.29 is 19.0 Å². The smallest absolute Gasteiger partial charge is 0.269 e. The van der Waals surface area contributed by atoms with Crippen LogP contribution in [0.2, 0.25) is 5.02 Å². The van der Waals surface area contributed by atoms with Gasteiger partial charge in [-0.3, -0.25) is 9.48 Å². The van der Waals surface area contributed by atoms with Crippen molar-refractivity contribution in [3.63, 3.8) is 0 Å². The molecule has 1 unspecified atom stereocenters. The molecule has 2 aromatic carbocycles. The van der Waals surface area contributed by atoms with E-state index in [-0.39, 0.29) is 12.0 Å². The van der Waals surface area contributed by atoms with E-state index in [0.29, 0.717) is 29.4 Å². The maximum absolute atomic E-state index is 12.5. The number of aryl methyl sites for hydroxylation is 2. The van der Waals surface area contributed by atoms with Gasteiger partial charge in [0.2, 0.25) is 0 Å². The molecule has 1 amide bonds. The molecule has 0 saturated heterocycles. The Kier molecular flexibility index (Phi) is 5.78. The predicted octanol–water partition coefficient (Wildman–Crippen LogP) is 3.80. The lowest BCUT2D eigenvalue weighted by Crippen LogP contribution is -2.35. The molecule has 3 aromatic rings. The average Bonchev–Trinajstić information content (AvgIpc) is 3.33. The van der Waals surface area contributed by atoms with Crippen LogP contribution >= 0.6 is 11.6 Å². The number of carbonyl (C=O) groups excluding carboxylic acids is 1. The van der Waals surface area contributed by atoms with Crippen LogP contribution in [-0.4, -0.2) is 42.6 Å². The van der Waals surface area contributed by atoms with Crippen molar-refractivity contribution in [2.45, 2.75) is 19.4 Å². The average molecular weight is 442 g/mol. The molecule has 0 fully saturated rings. The van der Waals surface area contributed by atoms with E-state index in [0.717, 1.165) is 33.9 Å². The minimum Gasteiger partial charge on any atom is -0.497 e. The molecule has 1 aliphatic rings. The molecule has 0 aliphatic carbocycles. The number of halogens is 1. The molecule has 1 N–H and O–H groups in total. The number of nitrogens with one attached hydrogen (secondary N) is 1. The Morgan fingerprint density at radius 3 is 2.74 bits per heavy atom. The normalized spacial score (nSPS) is 14.7. The molecule has 0 radical (unpaired) electrons. The van der Waals surface area contributed by atoms with Crippen molar-refractivity contribution in [3.8, 4) is 28.4 Å². The fraction of sp³-hybridized carbons (Fsp3) is 0.304. The van der Waals surface area contributed by atoms with Crippen molar-refractivity contribution in [2.24, 2.45) is 7.05 Å². The van der Waals surface area contributed by atoms with Gasteiger partial charge in [0.05, 0.1) is 31.5 Å². The van der Waals surface area contributed by atoms with E-state index >= 15 is 0 Å². The van der Waals surface area contributed by atoms with Crippen LogP contribution in [0.5, 0.6) is 17.2 Å². The van der Waals surface area contributed by atoms with Crippen LogP contribution in [0.25, 0.3) is 11.1 Å². The Hall–Kier alpha value is -3.19. The van der Waals surface area contributed by atoms with Crippen LogP contribution in [0.1, 0.15) is 21.7 Å². The lowest BCUT2D eigenvalue weighted by molar-refractivity contribution is 0.0924. The highest BCUT2D eigenvalue weighted by Crippen LogP contribution is 2.42. The van der Waals surface area contributed by atoms with Gasteiger partial charge in [-0.15, -0.1) is 0 Å². The highest BCUT2D eigenvalue weighted by molar-refractivity contribution is 6.32. The molecule has 1 atom stereocenters. The van der Waals surface area contributed by atoms with Crippen LogP contribution < -0.4 is 19.5 Å². The molecule has 1 aliphatic heterocycles. The SMILES string of the molecule is COc1ccc(OC)c(-c2cc(Cl)c3c(c2)CC(CNC(=O)c2cc(C)nn2C)O3)c1. The predicted molar refractivity (Wildman–Crippen MR) is 118 cm³/mol. The lowest BCUT2D eigenvalue weighted by atomic mass is 9.99. The van der Waals surface area contributed by atoms with Gasteiger partial charge in [0, 0.05) is 24.6 Å². The second-order valence-electron chi connectivity index (χ2n) is 7.46. The van der Waals surface area contributed by atoms with Gasteiger partial charge < -0.3 is 19.5 Å². The number of rotatable bonds is 6. The number of ether oxygens (including phenoxy) is 3. The van der Waals surface area contributed by atoms with Gasteiger partial charge in [0.25, 0.3) is 5.91 Å². The lowest BCUT2D eigenvalue weighted by Gasteiger charge is -2.13. The summed E-state index contributed by atoms with van der Waals surface area (Å²) in [5.41, 5.74) is 4.10. The summed E-state index contributed by atoms with van der Waals surface area (Å²) in [6.07, 6.45) is 0.438. The number of aromatic nitrogens is 2. The molecule has 162 valence electrons. The monoisotopic (exact) mass is 441 g/mol. The quantitative estimate of drug-likeness (QED) is 0.629. The van der Waals surface area contributed by atoms with Crippen molar-refractivity contribution in [3.05, 3.63) is 58.4 Å². The third kappa shape index (κ3) is 4.18. The molecule has 0 saturated carbocycles. The summed E-state index contributed by atoms with van der Waals surface area (Å²) in [5.74, 6) is 1.93. The Morgan fingerprint density at radius 2 is 2.06 bits per heavy atom. The molecular weight excluding hydrogens is 418 g/mol. The summed E-state index contributed by atoms with van der Waals surface area (Å²) in [5, 5.41) is 7.66. The van der Waals surface area contributed by atoms with Crippen molar-refractivity contribution in [1.29, 1.82) is 0 Å². The van der Waals surface area contributed by atoms with Gasteiger partial charge in [-0.1, -0.05) is 11.6 Å². The molecule has 4 rings (SSSR count). The van der Waals surface area contributed by atoms with Crippen LogP contribution in [0.4, 0.5) is 0 Å². The number of amides is 1. The maximum Gasteiger partial charge on any atom is 0.269 e. The van der Waals surface area contributed by atoms with Gasteiger partial charge in [-0.05, 0) is 48.9 Å². The molecular formula is C23H24ClN3O4. The fourth-order valence-corrected chi connectivity index (χ4v) is 4.10. The summed E-state index contributed by atoms with van der Waals surface area (Å²) in [7, 11) is 5.00. The number of fused-ring (bicyclic) bond motifs is 1. The van der Waals surface area contributed by atoms with Crippen LogP contribution in [0.15, 0.2) is 36.4 Å². The summed E-state index contributed by atoms with van der Waals surface area (Å²) < 4.78 is 18.5. The highest BCUT2D eigenvalue weighted by atomic mass is 35.5. The van der Waals surface area contributed by atoms with E-state index in [2.05, 4.69) is 10.4 Å². The standard InChI is InChI=1S/C23H24ClN3O4/c1-13-7-20(27(2)26-13)23(28)25-12-17-9-15-8-14(10-19(24)22(15)31-17)18-11-16(29-3)5-6-21(18)30-4/h5-8,10-11,17H,9,12H2,1-4H3,(H,25,28). The van der Waals surface area contributed by atoms with Gasteiger partial charge in [0.1, 0.15) is 29.0 Å². The van der Waals surface area contributed by atoms with E-state index in [9.17, 15) is 4.79 Å². The number of nitrogens with zero attached hydrogens (tertiary/aromatic N) is 2. The Bertz CT molecular complexity index is 1140. The van der Waals surface area contributed by atoms with Gasteiger partial charge in [0.15, 0.2) is 0 Å². The van der Waals surface area contributed by atoms with Crippen molar-refractivity contribution in [2.75, 3.05) is 20.8 Å². The minimum absolute atomic E-state index is 0.185. The summed E-state index contributed by atoms with van der Waals surface area (Å²) in [4.78, 5) is 12.5. The number of hydrogen-bond donors (Lipinski definition) is 1. The zero-order valence-corrected chi connectivity index (χ0v) is 18.6. The number of methoxy groups -OCH3 is 2. The van der Waals surface area contributed by atoms with Gasteiger partial charge in [-0.25, -0.2) is 0 Å². The Morgan fingerprint density at radius 1 is 1.26 bits per heavy atom. The second kappa shape index (κ2) is 8.51. The van der Waals surface area contributed by atoms with E-state index in [1.807, 2.05) is 37.3 Å². The fourth-order valence-electron chi connectivity index (χ4n) is 3.82. The summed E-state index contributed by atoms with van der Waals surface area (Å²) in [6, 6.07) is 11.3. The molecule has 31 heavy (non-hydrogen) atoms. The van der Waals surface area contributed by atoms with E-state index in [4.69, 9.17) is 25.8 Å². The molecule has 0 bridgehead atoms. The van der Waals surface area contributed by atoms with E-state index in [1.54, 1.807) is 32.0 Å². The first-order chi connectivity index (χ1) is 14.9. The van der Waals surface area contributed by atoms with Crippen LogP contribution in [0, 0.1) is 6.92 Å². The zero-order valence-electron chi connectivity index (χ0n) is 17.9. The van der Waals surface area contributed by atoms with E-state index < -0.39 is 0 Å². The highest BCUT2D eigenvalue weighted by Gasteiger charge is 2.27. The third-order valence-corrected chi connectivity index (χ3v) is 5.58. The molecule has 0 spiro atoms. The maximum atomic E-state index is 12.5. The topological polar surface area (TPSA) is 74.6 Å². The Labute approximate surface area is 185 Å². The first-order valence-electron chi connectivity index (χ1n) is 9.90. The number of carbonyl (C=O) groups is 1. The van der Waals surface area contributed by atoms with Gasteiger partial charge >= 0.3 is 0 Å². The van der Waals surface area contributed by atoms with Crippen LogP contribution in [-0.2, 0) is 13.5 Å². The minimum atomic E-state index is -0.201. The molecule has 2 heterocycles. The number of hydrogen-bond acceptors (Lipinski definition) is 5. The molecule has 8 heteroatoms. The molecule has 1 aromatic heterocycles. The van der Waals surface area contributed by atoms with Crippen molar-refractivity contribution >= 4 is 17.5 Å². The largest absolute Gasteiger partial charge is 0.497 e. The summed E-state index contributed by atoms with van der Waals surface area (Å²) >= 11 is 6.55. The van der Waals surface area contributed by atoms with Crippen molar-refractivity contribution in [1.82, 2.24) is 15.1 Å². The molecule has 7 nitrogen and oxygen atoms in total. The number of benzene rings is 2. The third-order valence-electron chi connectivity index (χ3n) is 5.30. The first-order valence-corrected chi connectivity index (χ1v) is 10.3. The second-order valence-corrected chi connectivity index (χ2v) is 7.87. The first kappa shape index (κ1) is 21.1. The van der Waals surface area contributed by atoms with E-state index in [1.165, 1.54) is 0 Å². The Balaban J connectivity index is 1.52.